The molecule has 0 saturated carbocycles. The van der Waals surface area contributed by atoms with E-state index >= 15 is 0 Å². The molecule has 0 aliphatic rings. The zero-order valence-corrected chi connectivity index (χ0v) is 9.01. The van der Waals surface area contributed by atoms with Gasteiger partial charge in [-0.1, -0.05) is 20.3 Å². The Morgan fingerprint density at radius 2 is 1.92 bits per heavy atom. The van der Waals surface area contributed by atoms with Crippen LogP contribution in [0.3, 0.4) is 0 Å². The highest BCUT2D eigenvalue weighted by Crippen LogP contribution is 2.13. The molecule has 12 heavy (non-hydrogen) atoms. The molecule has 2 N–H and O–H groups in total. The Morgan fingerprint density at radius 1 is 1.33 bits per heavy atom. The fourth-order valence-electron chi connectivity index (χ4n) is 1.48. The van der Waals surface area contributed by atoms with E-state index < -0.39 is 0 Å². The van der Waals surface area contributed by atoms with Crippen molar-refractivity contribution in [2.24, 2.45) is 11.7 Å². The molecule has 0 amide bonds. The molecule has 0 aromatic heterocycles. The van der Waals surface area contributed by atoms with E-state index in [4.69, 9.17) is 5.73 Å². The number of rotatable bonds is 6. The van der Waals surface area contributed by atoms with Crippen LogP contribution in [0, 0.1) is 5.92 Å². The van der Waals surface area contributed by atoms with Gasteiger partial charge < -0.3 is 10.6 Å². The van der Waals surface area contributed by atoms with Crippen molar-refractivity contribution in [2.75, 3.05) is 20.6 Å². The second kappa shape index (κ2) is 6.44. The first-order chi connectivity index (χ1) is 5.61. The lowest BCUT2D eigenvalue weighted by atomic mass is 9.98. The molecule has 0 bridgehead atoms. The summed E-state index contributed by atoms with van der Waals surface area (Å²) in [7, 11) is 4.31. The van der Waals surface area contributed by atoms with Crippen molar-refractivity contribution in [2.45, 2.75) is 39.2 Å². The molecule has 0 rings (SSSR count). The van der Waals surface area contributed by atoms with Gasteiger partial charge in [0.2, 0.25) is 0 Å². The SMILES string of the molecule is CCCC(CC(C)CN)N(C)C. The van der Waals surface area contributed by atoms with E-state index in [-0.39, 0.29) is 0 Å². The van der Waals surface area contributed by atoms with Crippen molar-refractivity contribution in [3.63, 3.8) is 0 Å². The van der Waals surface area contributed by atoms with Crippen LogP contribution in [-0.2, 0) is 0 Å². The quantitative estimate of drug-likeness (QED) is 0.661. The van der Waals surface area contributed by atoms with Crippen LogP contribution in [0.5, 0.6) is 0 Å². The zero-order chi connectivity index (χ0) is 9.56. The summed E-state index contributed by atoms with van der Waals surface area (Å²) in [5.74, 6) is 0.656. The average Bonchev–Trinajstić information content (AvgIpc) is 2.03. The molecule has 2 heteroatoms. The number of nitrogens with two attached hydrogens (primary N) is 1. The summed E-state index contributed by atoms with van der Waals surface area (Å²) in [6, 6.07) is 0.716. The van der Waals surface area contributed by atoms with Crippen LogP contribution in [0.4, 0.5) is 0 Å². The highest BCUT2D eigenvalue weighted by Gasteiger charge is 2.12. The van der Waals surface area contributed by atoms with Crippen molar-refractivity contribution < 1.29 is 0 Å². The van der Waals surface area contributed by atoms with Crippen LogP contribution in [0.25, 0.3) is 0 Å². The predicted octanol–water partition coefficient (Wildman–Crippen LogP) is 1.70. The molecule has 0 aliphatic carbocycles. The second-order valence-corrected chi connectivity index (χ2v) is 3.98. The first kappa shape index (κ1) is 11.9. The molecule has 74 valence electrons. The summed E-state index contributed by atoms with van der Waals surface area (Å²) in [5.41, 5.74) is 5.60. The molecule has 2 unspecified atom stereocenters. The monoisotopic (exact) mass is 172 g/mol. The summed E-state index contributed by atoms with van der Waals surface area (Å²) in [6.45, 7) is 5.28. The largest absolute Gasteiger partial charge is 0.330 e. The fourth-order valence-corrected chi connectivity index (χ4v) is 1.48. The third kappa shape index (κ3) is 4.73. The van der Waals surface area contributed by atoms with Crippen molar-refractivity contribution >= 4 is 0 Å². The summed E-state index contributed by atoms with van der Waals surface area (Å²) < 4.78 is 0. The van der Waals surface area contributed by atoms with Crippen molar-refractivity contribution in [1.82, 2.24) is 4.90 Å². The first-order valence-electron chi connectivity index (χ1n) is 4.98. The Bertz CT molecular complexity index is 102. The van der Waals surface area contributed by atoms with Crippen LogP contribution >= 0.6 is 0 Å². The smallest absolute Gasteiger partial charge is 0.00920 e. The van der Waals surface area contributed by atoms with E-state index in [1.807, 2.05) is 0 Å². The standard InChI is InChI=1S/C10H24N2/c1-5-6-10(12(3)4)7-9(2)8-11/h9-10H,5-8,11H2,1-4H3. The number of nitrogens with zero attached hydrogens (tertiary/aromatic N) is 1. The highest BCUT2D eigenvalue weighted by molar-refractivity contribution is 4.69. The third-order valence-corrected chi connectivity index (χ3v) is 2.43. The minimum atomic E-state index is 0.656. The molecule has 0 fully saturated rings. The summed E-state index contributed by atoms with van der Waals surface area (Å²) >= 11 is 0. The van der Waals surface area contributed by atoms with Crippen molar-refractivity contribution in [3.8, 4) is 0 Å². The van der Waals surface area contributed by atoms with E-state index in [1.165, 1.54) is 19.3 Å². The van der Waals surface area contributed by atoms with Gasteiger partial charge in [0, 0.05) is 6.04 Å². The van der Waals surface area contributed by atoms with Gasteiger partial charge in [-0.25, -0.2) is 0 Å². The number of hydrogen-bond acceptors (Lipinski definition) is 2. The average molecular weight is 172 g/mol. The van der Waals surface area contributed by atoms with Gasteiger partial charge >= 0.3 is 0 Å². The molecule has 0 aromatic rings. The van der Waals surface area contributed by atoms with Crippen molar-refractivity contribution in [3.05, 3.63) is 0 Å². The molecule has 0 heterocycles. The molecule has 0 aromatic carbocycles. The van der Waals surface area contributed by atoms with E-state index in [1.54, 1.807) is 0 Å². The normalized spacial score (nSPS) is 16.5. The minimum absolute atomic E-state index is 0.656. The Labute approximate surface area is 77.1 Å². The second-order valence-electron chi connectivity index (χ2n) is 3.98. The van der Waals surface area contributed by atoms with Gasteiger partial charge in [-0.15, -0.1) is 0 Å². The highest BCUT2D eigenvalue weighted by atomic mass is 15.1. The maximum atomic E-state index is 5.60. The fraction of sp³-hybridized carbons (Fsp3) is 1.00. The molecule has 0 aliphatic heterocycles. The Kier molecular flexibility index (Phi) is 6.39. The van der Waals surface area contributed by atoms with Crippen molar-refractivity contribution in [1.29, 1.82) is 0 Å². The van der Waals surface area contributed by atoms with Crippen LogP contribution < -0.4 is 5.73 Å². The van der Waals surface area contributed by atoms with Gasteiger partial charge in [0.05, 0.1) is 0 Å². The molecular weight excluding hydrogens is 148 g/mol. The van der Waals surface area contributed by atoms with Gasteiger partial charge in [0.15, 0.2) is 0 Å². The Morgan fingerprint density at radius 3 is 2.25 bits per heavy atom. The van der Waals surface area contributed by atoms with Crippen LogP contribution in [0.1, 0.15) is 33.1 Å². The summed E-state index contributed by atoms with van der Waals surface area (Å²) in [6.07, 6.45) is 3.79. The summed E-state index contributed by atoms with van der Waals surface area (Å²) in [4.78, 5) is 2.32. The third-order valence-electron chi connectivity index (χ3n) is 2.43. The predicted molar refractivity (Wildman–Crippen MR) is 55.2 cm³/mol. The first-order valence-corrected chi connectivity index (χ1v) is 4.98. The lowest BCUT2D eigenvalue weighted by Crippen LogP contribution is -2.31. The lowest BCUT2D eigenvalue weighted by Gasteiger charge is -2.26. The van der Waals surface area contributed by atoms with Gasteiger partial charge in [-0.2, -0.15) is 0 Å². The van der Waals surface area contributed by atoms with E-state index in [0.29, 0.717) is 12.0 Å². The lowest BCUT2D eigenvalue weighted by molar-refractivity contribution is 0.237. The van der Waals surface area contributed by atoms with E-state index in [9.17, 15) is 0 Å². The van der Waals surface area contributed by atoms with Crippen LogP contribution in [0.2, 0.25) is 0 Å². The zero-order valence-electron chi connectivity index (χ0n) is 9.01. The molecule has 2 atom stereocenters. The van der Waals surface area contributed by atoms with Gasteiger partial charge in [0.1, 0.15) is 0 Å². The molecule has 0 spiro atoms. The van der Waals surface area contributed by atoms with Crippen LogP contribution in [0.15, 0.2) is 0 Å². The van der Waals surface area contributed by atoms with E-state index in [2.05, 4.69) is 32.8 Å². The van der Waals surface area contributed by atoms with E-state index in [0.717, 1.165) is 6.54 Å². The van der Waals surface area contributed by atoms with Gasteiger partial charge in [-0.3, -0.25) is 0 Å². The molecule has 0 radical (unpaired) electrons. The van der Waals surface area contributed by atoms with Gasteiger partial charge in [0.25, 0.3) is 0 Å². The summed E-state index contributed by atoms with van der Waals surface area (Å²) in [5, 5.41) is 0. The molecular formula is C10H24N2. The molecule has 0 saturated heterocycles. The number of hydrogen-bond donors (Lipinski definition) is 1. The van der Waals surface area contributed by atoms with Gasteiger partial charge in [-0.05, 0) is 39.4 Å². The molecule has 2 nitrogen and oxygen atoms in total. The maximum absolute atomic E-state index is 5.60. The Hall–Kier alpha value is -0.0800. The Balaban J connectivity index is 3.77. The maximum Gasteiger partial charge on any atom is 0.00920 e. The minimum Gasteiger partial charge on any atom is -0.330 e. The van der Waals surface area contributed by atoms with Crippen LogP contribution in [-0.4, -0.2) is 31.6 Å². The topological polar surface area (TPSA) is 29.3 Å².